The first-order valence-corrected chi connectivity index (χ1v) is 4.20. The lowest BCUT2D eigenvalue weighted by Gasteiger charge is -2.10. The van der Waals surface area contributed by atoms with E-state index in [2.05, 4.69) is 11.8 Å². The summed E-state index contributed by atoms with van der Waals surface area (Å²) in [6, 6.07) is 0. The van der Waals surface area contributed by atoms with Crippen LogP contribution in [-0.2, 0) is 0 Å². The van der Waals surface area contributed by atoms with Crippen LogP contribution in [0.5, 0.6) is 0 Å². The molecule has 0 aromatic carbocycles. The molecule has 1 N–H and O–H groups in total. The maximum Gasteiger partial charge on any atom is 0.0956 e. The summed E-state index contributed by atoms with van der Waals surface area (Å²) in [4.78, 5) is 2.11. The third-order valence-corrected chi connectivity index (χ3v) is 2.27. The fraction of sp³-hybridized carbons (Fsp3) is 1.00. The van der Waals surface area contributed by atoms with Gasteiger partial charge in [0.05, 0.1) is 6.73 Å². The van der Waals surface area contributed by atoms with Crippen molar-refractivity contribution < 1.29 is 5.11 Å². The predicted octanol–water partition coefficient (Wildman–Crippen LogP) is 1.06. The average molecular weight is 143 g/mol. The molecule has 0 spiro atoms. The summed E-state index contributed by atoms with van der Waals surface area (Å²) < 4.78 is 0. The number of hydrogen-bond donors (Lipinski definition) is 1. The van der Waals surface area contributed by atoms with E-state index in [4.69, 9.17) is 5.11 Å². The molecule has 10 heavy (non-hydrogen) atoms. The van der Waals surface area contributed by atoms with Crippen LogP contribution in [0, 0.1) is 5.92 Å². The Balaban J connectivity index is 2.15. The third kappa shape index (κ3) is 1.96. The third-order valence-electron chi connectivity index (χ3n) is 2.27. The van der Waals surface area contributed by atoms with Crippen molar-refractivity contribution in [2.75, 3.05) is 19.8 Å². The second kappa shape index (κ2) is 3.94. The van der Waals surface area contributed by atoms with Crippen molar-refractivity contribution in [2.24, 2.45) is 5.92 Å². The number of hydrogen-bond acceptors (Lipinski definition) is 2. The zero-order chi connectivity index (χ0) is 7.40. The van der Waals surface area contributed by atoms with E-state index in [0.717, 1.165) is 19.0 Å². The lowest BCUT2D eigenvalue weighted by atomic mass is 10.0. The molecule has 1 unspecified atom stereocenters. The normalized spacial score (nSPS) is 27.6. The monoisotopic (exact) mass is 143 g/mol. The molecule has 0 aromatic rings. The summed E-state index contributed by atoms with van der Waals surface area (Å²) in [5, 5.41) is 8.78. The summed E-state index contributed by atoms with van der Waals surface area (Å²) in [5.41, 5.74) is 0. The van der Waals surface area contributed by atoms with Crippen LogP contribution in [0.2, 0.25) is 0 Å². The molecule has 1 aliphatic heterocycles. The molecule has 1 fully saturated rings. The van der Waals surface area contributed by atoms with Crippen LogP contribution in [0.4, 0.5) is 0 Å². The molecule has 2 heteroatoms. The van der Waals surface area contributed by atoms with Gasteiger partial charge in [-0.15, -0.1) is 0 Å². The minimum atomic E-state index is 0.250. The largest absolute Gasteiger partial charge is 0.381 e. The molecule has 2 nitrogen and oxygen atoms in total. The fourth-order valence-electron chi connectivity index (χ4n) is 1.69. The molecule has 0 amide bonds. The lowest BCUT2D eigenvalue weighted by molar-refractivity contribution is 0.127. The maximum absolute atomic E-state index is 8.78. The van der Waals surface area contributed by atoms with Crippen LogP contribution < -0.4 is 0 Å². The van der Waals surface area contributed by atoms with Gasteiger partial charge in [-0.25, -0.2) is 0 Å². The Hall–Kier alpha value is -0.0800. The maximum atomic E-state index is 8.78. The van der Waals surface area contributed by atoms with E-state index >= 15 is 0 Å². The molecule has 1 heterocycles. The molecule has 0 radical (unpaired) electrons. The van der Waals surface area contributed by atoms with Crippen LogP contribution in [0.3, 0.4) is 0 Å². The van der Waals surface area contributed by atoms with Gasteiger partial charge < -0.3 is 5.11 Å². The summed E-state index contributed by atoms with van der Waals surface area (Å²) in [6.07, 6.45) is 3.90. The number of likely N-dealkylation sites (tertiary alicyclic amines) is 1. The minimum absolute atomic E-state index is 0.250. The second-order valence-corrected chi connectivity index (χ2v) is 3.16. The molecule has 1 aliphatic rings. The Bertz CT molecular complexity index is 95.3. The minimum Gasteiger partial charge on any atom is -0.381 e. The Labute approximate surface area is 62.8 Å². The van der Waals surface area contributed by atoms with Gasteiger partial charge in [0, 0.05) is 13.1 Å². The summed E-state index contributed by atoms with van der Waals surface area (Å²) in [5.74, 6) is 0.858. The highest BCUT2D eigenvalue weighted by molar-refractivity contribution is 4.72. The van der Waals surface area contributed by atoms with Crippen LogP contribution in [-0.4, -0.2) is 29.8 Å². The van der Waals surface area contributed by atoms with E-state index < -0.39 is 0 Å². The van der Waals surface area contributed by atoms with Gasteiger partial charge in [-0.05, 0) is 18.8 Å². The van der Waals surface area contributed by atoms with Gasteiger partial charge in [0.25, 0.3) is 0 Å². The first-order chi connectivity index (χ1) is 4.86. The molecular weight excluding hydrogens is 126 g/mol. The highest BCUT2D eigenvalue weighted by Crippen LogP contribution is 2.19. The van der Waals surface area contributed by atoms with Gasteiger partial charge >= 0.3 is 0 Å². The lowest BCUT2D eigenvalue weighted by Crippen LogP contribution is -2.21. The number of aliphatic hydroxyl groups excluding tert-OH is 1. The summed E-state index contributed by atoms with van der Waals surface area (Å²) >= 11 is 0. The van der Waals surface area contributed by atoms with Gasteiger partial charge in [0.1, 0.15) is 0 Å². The Morgan fingerprint density at radius 3 is 2.90 bits per heavy atom. The molecule has 0 aromatic heterocycles. The molecule has 1 saturated heterocycles. The topological polar surface area (TPSA) is 23.5 Å². The Morgan fingerprint density at radius 2 is 2.40 bits per heavy atom. The van der Waals surface area contributed by atoms with Crippen molar-refractivity contribution in [2.45, 2.75) is 26.2 Å². The average Bonchev–Trinajstić information content (AvgIpc) is 2.37. The highest BCUT2D eigenvalue weighted by Gasteiger charge is 2.19. The SMILES string of the molecule is CCCC1CCN(CO)C1. The van der Waals surface area contributed by atoms with Gasteiger partial charge in [0.15, 0.2) is 0 Å². The smallest absolute Gasteiger partial charge is 0.0956 e. The summed E-state index contributed by atoms with van der Waals surface area (Å²) in [7, 11) is 0. The molecule has 0 bridgehead atoms. The number of nitrogens with zero attached hydrogens (tertiary/aromatic N) is 1. The molecular formula is C8H17NO. The van der Waals surface area contributed by atoms with E-state index in [1.54, 1.807) is 0 Å². The van der Waals surface area contributed by atoms with E-state index in [1.807, 2.05) is 0 Å². The van der Waals surface area contributed by atoms with Gasteiger partial charge in [-0.1, -0.05) is 13.3 Å². The molecule has 1 rings (SSSR count). The molecule has 0 aliphatic carbocycles. The van der Waals surface area contributed by atoms with Gasteiger partial charge in [0.2, 0.25) is 0 Å². The fourth-order valence-corrected chi connectivity index (χ4v) is 1.69. The zero-order valence-electron chi connectivity index (χ0n) is 6.71. The Kier molecular flexibility index (Phi) is 3.16. The van der Waals surface area contributed by atoms with Crippen LogP contribution in [0.1, 0.15) is 26.2 Å². The van der Waals surface area contributed by atoms with Crippen molar-refractivity contribution in [3.63, 3.8) is 0 Å². The van der Waals surface area contributed by atoms with E-state index in [9.17, 15) is 0 Å². The number of aliphatic hydroxyl groups is 1. The van der Waals surface area contributed by atoms with Gasteiger partial charge in [-0.2, -0.15) is 0 Å². The predicted molar refractivity (Wildman–Crippen MR) is 41.7 cm³/mol. The molecule has 60 valence electrons. The van der Waals surface area contributed by atoms with Crippen LogP contribution >= 0.6 is 0 Å². The van der Waals surface area contributed by atoms with Gasteiger partial charge in [-0.3, -0.25) is 4.90 Å². The van der Waals surface area contributed by atoms with Crippen molar-refractivity contribution in [3.05, 3.63) is 0 Å². The molecule has 1 atom stereocenters. The van der Waals surface area contributed by atoms with Crippen molar-refractivity contribution >= 4 is 0 Å². The molecule has 0 saturated carbocycles. The van der Waals surface area contributed by atoms with Crippen LogP contribution in [0.15, 0.2) is 0 Å². The van der Waals surface area contributed by atoms with Crippen LogP contribution in [0.25, 0.3) is 0 Å². The second-order valence-electron chi connectivity index (χ2n) is 3.16. The zero-order valence-corrected chi connectivity index (χ0v) is 6.71. The Morgan fingerprint density at radius 1 is 1.60 bits per heavy atom. The van der Waals surface area contributed by atoms with Crippen molar-refractivity contribution in [3.8, 4) is 0 Å². The first kappa shape index (κ1) is 8.02. The van der Waals surface area contributed by atoms with Crippen molar-refractivity contribution in [1.82, 2.24) is 4.90 Å². The van der Waals surface area contributed by atoms with Crippen molar-refractivity contribution in [1.29, 1.82) is 0 Å². The van der Waals surface area contributed by atoms with E-state index in [1.165, 1.54) is 19.3 Å². The van der Waals surface area contributed by atoms with E-state index in [-0.39, 0.29) is 6.73 Å². The first-order valence-electron chi connectivity index (χ1n) is 4.20. The quantitative estimate of drug-likeness (QED) is 0.638. The highest BCUT2D eigenvalue weighted by atomic mass is 16.3. The standard InChI is InChI=1S/C8H17NO/c1-2-3-8-4-5-9(6-8)7-10/h8,10H,2-7H2,1H3. The van der Waals surface area contributed by atoms with E-state index in [0.29, 0.717) is 0 Å². The number of rotatable bonds is 3. The summed E-state index contributed by atoms with van der Waals surface area (Å²) in [6.45, 7) is 4.69.